The summed E-state index contributed by atoms with van der Waals surface area (Å²) in [5.41, 5.74) is 0. The van der Waals surface area contributed by atoms with Crippen molar-refractivity contribution in [3.63, 3.8) is 0 Å². The Morgan fingerprint density at radius 1 is 0.750 bits per heavy atom. The first-order chi connectivity index (χ1) is 0. The molecule has 0 aromatic carbocycles. The van der Waals surface area contributed by atoms with Crippen LogP contribution < -0.4 is 0 Å². The Morgan fingerprint density at radius 2 is 0.750 bits per heavy atom. The first-order valence-electron chi connectivity index (χ1n) is 0. The van der Waals surface area contributed by atoms with E-state index in [9.17, 15) is 0 Å². The van der Waals surface area contributed by atoms with E-state index in [1.165, 1.54) is 0 Å². The fraction of sp³-hybridized carbons (Fsp3) is 0. The molecule has 4 heavy (non-hydrogen) atoms. The molecule has 4 heteroatoms. The molecular formula is H4NaO2V. The van der Waals surface area contributed by atoms with Crippen LogP contribution in [0, 0.1) is 0 Å². The van der Waals surface area contributed by atoms with Crippen molar-refractivity contribution in [2.45, 2.75) is 0 Å². The van der Waals surface area contributed by atoms with Gasteiger partial charge in [-0.05, 0) is 0 Å². The molecule has 0 unspecified atom stereocenters. The standard InChI is InChI=1S/Na.2H2O.V/h;2*1H2;. The third-order valence-corrected chi connectivity index (χ3v) is 0. The first-order valence-corrected chi connectivity index (χ1v) is 0. The van der Waals surface area contributed by atoms with Crippen LogP contribution in [0.2, 0.25) is 0 Å². The van der Waals surface area contributed by atoms with Crippen molar-refractivity contribution in [1.82, 2.24) is 0 Å². The van der Waals surface area contributed by atoms with E-state index in [0.29, 0.717) is 0 Å². The Balaban J connectivity index is 0. The Hall–Kier alpha value is 1.50. The predicted molar refractivity (Wildman–Crippen MR) is 13.0 cm³/mol. The summed E-state index contributed by atoms with van der Waals surface area (Å²) in [6.07, 6.45) is 0. The second-order valence-corrected chi connectivity index (χ2v) is 0. The van der Waals surface area contributed by atoms with Gasteiger partial charge in [0.05, 0.1) is 0 Å². The minimum absolute atomic E-state index is 0. The van der Waals surface area contributed by atoms with Gasteiger partial charge in [-0.25, -0.2) is 0 Å². The van der Waals surface area contributed by atoms with E-state index < -0.39 is 0 Å². The maximum Gasteiger partial charge on any atom is 0 e. The van der Waals surface area contributed by atoms with Crippen LogP contribution in [0.4, 0.5) is 0 Å². The molecule has 2 nitrogen and oxygen atoms in total. The van der Waals surface area contributed by atoms with Crippen LogP contribution in [0.1, 0.15) is 0 Å². The number of hydrogen-bond acceptors (Lipinski definition) is 0. The van der Waals surface area contributed by atoms with Crippen LogP contribution in [-0.2, 0) is 18.6 Å². The first kappa shape index (κ1) is 49.3. The number of rotatable bonds is 0. The fourth-order valence-electron chi connectivity index (χ4n) is 0. The van der Waals surface area contributed by atoms with Gasteiger partial charge in [0.1, 0.15) is 0 Å². The maximum absolute atomic E-state index is 0. The average molecular weight is 110 g/mol. The summed E-state index contributed by atoms with van der Waals surface area (Å²) in [4.78, 5) is 0. The molecule has 22 valence electrons. The van der Waals surface area contributed by atoms with Crippen LogP contribution in [0.25, 0.3) is 0 Å². The van der Waals surface area contributed by atoms with Gasteiger partial charge in [-0.3, -0.25) is 0 Å². The second-order valence-electron chi connectivity index (χ2n) is 0. The minimum Gasteiger partial charge on any atom is -0.412 e. The van der Waals surface area contributed by atoms with Gasteiger partial charge in [0.15, 0.2) is 0 Å². The van der Waals surface area contributed by atoms with E-state index in [1.807, 2.05) is 0 Å². The van der Waals surface area contributed by atoms with Crippen molar-refractivity contribution < 1.29 is 29.5 Å². The molecule has 0 heterocycles. The summed E-state index contributed by atoms with van der Waals surface area (Å²) in [6.45, 7) is 0. The molecule has 0 saturated heterocycles. The van der Waals surface area contributed by atoms with Crippen molar-refractivity contribution in [2.75, 3.05) is 0 Å². The minimum atomic E-state index is 0. The van der Waals surface area contributed by atoms with Crippen LogP contribution >= 0.6 is 0 Å². The van der Waals surface area contributed by atoms with E-state index in [4.69, 9.17) is 0 Å². The topological polar surface area (TPSA) is 63.0 Å². The zero-order chi connectivity index (χ0) is 0. The third-order valence-electron chi connectivity index (χ3n) is 0. The van der Waals surface area contributed by atoms with E-state index in [2.05, 4.69) is 0 Å². The van der Waals surface area contributed by atoms with Gasteiger partial charge >= 0.3 is 0 Å². The molecule has 0 amide bonds. The van der Waals surface area contributed by atoms with Crippen molar-refractivity contribution in [1.29, 1.82) is 0 Å². The summed E-state index contributed by atoms with van der Waals surface area (Å²) in [5.74, 6) is 0. The van der Waals surface area contributed by atoms with Crippen LogP contribution in [0.3, 0.4) is 0 Å². The molecule has 2 radical (unpaired) electrons. The van der Waals surface area contributed by atoms with Gasteiger partial charge in [0.25, 0.3) is 0 Å². The largest absolute Gasteiger partial charge is 0.412 e. The van der Waals surface area contributed by atoms with Crippen LogP contribution in [0.15, 0.2) is 0 Å². The molecule has 0 aromatic rings. The van der Waals surface area contributed by atoms with Crippen molar-refractivity contribution in [2.24, 2.45) is 0 Å². The van der Waals surface area contributed by atoms with Gasteiger partial charge in [-0.2, -0.15) is 0 Å². The van der Waals surface area contributed by atoms with E-state index >= 15 is 0 Å². The molecule has 4 N–H and O–H groups in total. The molecule has 0 saturated carbocycles. The van der Waals surface area contributed by atoms with Crippen molar-refractivity contribution in [3.8, 4) is 0 Å². The van der Waals surface area contributed by atoms with Gasteiger partial charge in [-0.15, -0.1) is 0 Å². The van der Waals surface area contributed by atoms with Gasteiger partial charge in [0.2, 0.25) is 0 Å². The Kier molecular flexibility index (Phi) is 302. The molecule has 0 spiro atoms. The summed E-state index contributed by atoms with van der Waals surface area (Å²) in [7, 11) is 0. The molecule has 0 bridgehead atoms. The summed E-state index contributed by atoms with van der Waals surface area (Å²) >= 11 is 0. The van der Waals surface area contributed by atoms with Gasteiger partial charge < -0.3 is 11.0 Å². The second kappa shape index (κ2) is 24.4. The molecule has 0 aliphatic carbocycles. The van der Waals surface area contributed by atoms with E-state index in [0.717, 1.165) is 0 Å². The zero-order valence-electron chi connectivity index (χ0n) is 2.45. The van der Waals surface area contributed by atoms with Crippen molar-refractivity contribution in [3.05, 3.63) is 0 Å². The summed E-state index contributed by atoms with van der Waals surface area (Å²) < 4.78 is 0. The summed E-state index contributed by atoms with van der Waals surface area (Å²) in [5, 5.41) is 0. The Bertz CT molecular complexity index is 6.00. The Labute approximate surface area is 58.8 Å². The molecule has 0 aliphatic heterocycles. The van der Waals surface area contributed by atoms with Crippen molar-refractivity contribution >= 4 is 29.6 Å². The third kappa shape index (κ3) is 9.71. The van der Waals surface area contributed by atoms with E-state index in [-0.39, 0.29) is 59.1 Å². The predicted octanol–water partition coefficient (Wildman–Crippen LogP) is -2.03. The zero-order valence-corrected chi connectivity index (χ0v) is 5.84. The van der Waals surface area contributed by atoms with Crippen LogP contribution in [-0.4, -0.2) is 40.5 Å². The van der Waals surface area contributed by atoms with Gasteiger partial charge in [-0.1, -0.05) is 0 Å². The molecule has 0 aromatic heterocycles. The number of hydrogen-bond donors (Lipinski definition) is 0. The maximum atomic E-state index is 0. The molecular weight excluding hydrogens is 106 g/mol. The molecule has 0 aliphatic rings. The SMILES string of the molecule is O.O.[Na].[V]. The Morgan fingerprint density at radius 3 is 0.750 bits per heavy atom. The normalized spacial score (nSPS) is 0. The monoisotopic (exact) mass is 110 g/mol. The molecule has 0 fully saturated rings. The average Bonchev–Trinajstić information content (AvgIpc) is 0. The quantitative estimate of drug-likeness (QED) is 0.323. The summed E-state index contributed by atoms with van der Waals surface area (Å²) in [6, 6.07) is 0. The smallest absolute Gasteiger partial charge is 0 e. The van der Waals surface area contributed by atoms with Crippen LogP contribution in [0.5, 0.6) is 0 Å². The van der Waals surface area contributed by atoms with Gasteiger partial charge in [0, 0.05) is 48.1 Å². The molecule has 0 rings (SSSR count). The molecule has 0 atom stereocenters. The fourth-order valence-corrected chi connectivity index (χ4v) is 0. The van der Waals surface area contributed by atoms with E-state index in [1.54, 1.807) is 0 Å².